The molecule has 0 N–H and O–H groups in total. The van der Waals surface area contributed by atoms with Gasteiger partial charge in [0.25, 0.3) is 11.8 Å². The van der Waals surface area contributed by atoms with E-state index in [9.17, 15) is 9.59 Å². The van der Waals surface area contributed by atoms with E-state index in [2.05, 4.69) is 12.1 Å². The second-order valence-electron chi connectivity index (χ2n) is 6.85. The number of fused-ring (bicyclic) bond motifs is 3. The molecule has 5 rings (SSSR count). The fraction of sp³-hybridized carbons (Fsp3) is 0.182. The van der Waals surface area contributed by atoms with Crippen LogP contribution >= 0.6 is 22.7 Å². The quantitative estimate of drug-likeness (QED) is 0.484. The van der Waals surface area contributed by atoms with Gasteiger partial charge in [-0.2, -0.15) is 0 Å². The SMILES string of the molecule is O=C(c1ccccc1)N1CCN(C(=O)c2cc3sc4ccccc4c3s2)CC1. The number of rotatable bonds is 2. The third kappa shape index (κ3) is 2.99. The minimum absolute atomic E-state index is 0.0378. The van der Waals surface area contributed by atoms with Crippen molar-refractivity contribution >= 4 is 54.0 Å². The van der Waals surface area contributed by atoms with Crippen LogP contribution in [0.5, 0.6) is 0 Å². The molecule has 2 aromatic heterocycles. The van der Waals surface area contributed by atoms with Crippen LogP contribution in [0, 0.1) is 0 Å². The molecular weight excluding hydrogens is 388 g/mol. The summed E-state index contributed by atoms with van der Waals surface area (Å²) in [7, 11) is 0. The van der Waals surface area contributed by atoms with Gasteiger partial charge in [0.1, 0.15) is 0 Å². The van der Waals surface area contributed by atoms with Crippen LogP contribution in [0.3, 0.4) is 0 Å². The summed E-state index contributed by atoms with van der Waals surface area (Å²) in [5, 5.41) is 1.23. The molecule has 0 atom stereocenters. The van der Waals surface area contributed by atoms with Gasteiger partial charge in [-0.25, -0.2) is 0 Å². The van der Waals surface area contributed by atoms with E-state index < -0.39 is 0 Å². The molecule has 28 heavy (non-hydrogen) atoms. The molecule has 2 amide bonds. The van der Waals surface area contributed by atoms with Crippen LogP contribution in [0.2, 0.25) is 0 Å². The normalized spacial score (nSPS) is 14.7. The number of amides is 2. The fourth-order valence-electron chi connectivity index (χ4n) is 3.64. The maximum atomic E-state index is 13.0. The molecule has 4 nitrogen and oxygen atoms in total. The second kappa shape index (κ2) is 7.04. The van der Waals surface area contributed by atoms with E-state index in [-0.39, 0.29) is 11.8 Å². The third-order valence-electron chi connectivity index (χ3n) is 5.14. The number of hydrogen-bond donors (Lipinski definition) is 0. The van der Waals surface area contributed by atoms with Crippen molar-refractivity contribution in [3.05, 3.63) is 71.1 Å². The Morgan fingerprint density at radius 1 is 0.714 bits per heavy atom. The highest BCUT2D eigenvalue weighted by molar-refractivity contribution is 7.33. The number of carbonyl (C=O) groups is 2. The predicted octanol–water partition coefficient (Wildman–Crippen LogP) is 4.71. The molecule has 1 fully saturated rings. The van der Waals surface area contributed by atoms with Crippen LogP contribution < -0.4 is 0 Å². The van der Waals surface area contributed by atoms with Crippen LogP contribution in [0.4, 0.5) is 0 Å². The number of hydrogen-bond acceptors (Lipinski definition) is 4. The molecule has 0 bridgehead atoms. The Morgan fingerprint density at radius 3 is 2.11 bits per heavy atom. The van der Waals surface area contributed by atoms with Crippen molar-refractivity contribution in [3.8, 4) is 0 Å². The number of benzene rings is 2. The molecular formula is C22H18N2O2S2. The number of piperazine rings is 1. The first-order valence-corrected chi connectivity index (χ1v) is 10.9. The van der Waals surface area contributed by atoms with Gasteiger partial charge in [0, 0.05) is 46.5 Å². The largest absolute Gasteiger partial charge is 0.335 e. The first kappa shape index (κ1) is 17.4. The summed E-state index contributed by atoms with van der Waals surface area (Å²) >= 11 is 3.31. The van der Waals surface area contributed by atoms with E-state index >= 15 is 0 Å². The summed E-state index contributed by atoms with van der Waals surface area (Å²) in [4.78, 5) is 30.1. The van der Waals surface area contributed by atoms with Crippen LogP contribution in [-0.2, 0) is 0 Å². The molecule has 4 aromatic rings. The summed E-state index contributed by atoms with van der Waals surface area (Å²) in [5.41, 5.74) is 0.702. The van der Waals surface area contributed by atoms with E-state index in [4.69, 9.17) is 0 Å². The lowest BCUT2D eigenvalue weighted by molar-refractivity contribution is 0.0538. The topological polar surface area (TPSA) is 40.6 Å². The lowest BCUT2D eigenvalue weighted by Gasteiger charge is -2.34. The van der Waals surface area contributed by atoms with Crippen LogP contribution in [0.1, 0.15) is 20.0 Å². The molecule has 3 heterocycles. The maximum absolute atomic E-state index is 13.0. The predicted molar refractivity (Wildman–Crippen MR) is 115 cm³/mol. The highest BCUT2D eigenvalue weighted by Crippen LogP contribution is 2.39. The van der Waals surface area contributed by atoms with Gasteiger partial charge in [-0.05, 0) is 24.3 Å². The van der Waals surface area contributed by atoms with E-state index in [0.29, 0.717) is 31.7 Å². The third-order valence-corrected chi connectivity index (χ3v) is 7.54. The molecule has 0 saturated carbocycles. The summed E-state index contributed by atoms with van der Waals surface area (Å²) in [6.07, 6.45) is 0. The highest BCUT2D eigenvalue weighted by Gasteiger charge is 2.26. The molecule has 2 aromatic carbocycles. The Balaban J connectivity index is 1.30. The monoisotopic (exact) mass is 406 g/mol. The van der Waals surface area contributed by atoms with Crippen LogP contribution in [-0.4, -0.2) is 47.8 Å². The van der Waals surface area contributed by atoms with Gasteiger partial charge in [-0.1, -0.05) is 36.4 Å². The molecule has 1 aliphatic heterocycles. The van der Waals surface area contributed by atoms with Gasteiger partial charge in [0.05, 0.1) is 9.58 Å². The second-order valence-corrected chi connectivity index (χ2v) is 8.99. The summed E-state index contributed by atoms with van der Waals surface area (Å²) in [5.74, 6) is 0.111. The Hall–Kier alpha value is -2.70. The number of carbonyl (C=O) groups excluding carboxylic acids is 2. The zero-order valence-corrected chi connectivity index (χ0v) is 16.8. The van der Waals surface area contributed by atoms with Gasteiger partial charge in [0.15, 0.2) is 0 Å². The lowest BCUT2D eigenvalue weighted by Crippen LogP contribution is -2.50. The van der Waals surface area contributed by atoms with E-state index in [1.54, 1.807) is 22.7 Å². The smallest absolute Gasteiger partial charge is 0.264 e. The van der Waals surface area contributed by atoms with Crippen molar-refractivity contribution in [1.29, 1.82) is 0 Å². The Morgan fingerprint density at radius 2 is 1.36 bits per heavy atom. The van der Waals surface area contributed by atoms with Gasteiger partial charge < -0.3 is 9.80 Å². The first-order valence-electron chi connectivity index (χ1n) is 9.25. The van der Waals surface area contributed by atoms with Crippen molar-refractivity contribution in [1.82, 2.24) is 9.80 Å². The summed E-state index contributed by atoms with van der Waals surface area (Å²) < 4.78 is 3.63. The van der Waals surface area contributed by atoms with Crippen LogP contribution in [0.15, 0.2) is 60.7 Å². The average molecular weight is 407 g/mol. The van der Waals surface area contributed by atoms with Crippen molar-refractivity contribution in [3.63, 3.8) is 0 Å². The average Bonchev–Trinajstić information content (AvgIpc) is 3.31. The molecule has 140 valence electrons. The van der Waals surface area contributed by atoms with Crippen molar-refractivity contribution < 1.29 is 9.59 Å². The zero-order valence-electron chi connectivity index (χ0n) is 15.1. The Labute approximate surface area is 170 Å². The summed E-state index contributed by atoms with van der Waals surface area (Å²) in [6.45, 7) is 2.29. The number of thiophene rings is 2. The maximum Gasteiger partial charge on any atom is 0.264 e. The zero-order chi connectivity index (χ0) is 19.1. The molecule has 1 aliphatic rings. The minimum Gasteiger partial charge on any atom is -0.335 e. The van der Waals surface area contributed by atoms with Crippen LogP contribution in [0.25, 0.3) is 19.5 Å². The highest BCUT2D eigenvalue weighted by atomic mass is 32.1. The van der Waals surface area contributed by atoms with Gasteiger partial charge in [0.2, 0.25) is 0 Å². The van der Waals surface area contributed by atoms with Crippen molar-refractivity contribution in [2.75, 3.05) is 26.2 Å². The molecule has 0 aliphatic carbocycles. The lowest BCUT2D eigenvalue weighted by atomic mass is 10.2. The Kier molecular flexibility index (Phi) is 4.37. The van der Waals surface area contributed by atoms with Gasteiger partial charge >= 0.3 is 0 Å². The minimum atomic E-state index is 0.0378. The number of nitrogens with zero attached hydrogens (tertiary/aromatic N) is 2. The first-order chi connectivity index (χ1) is 13.7. The van der Waals surface area contributed by atoms with Crippen molar-refractivity contribution in [2.45, 2.75) is 0 Å². The molecule has 0 spiro atoms. The molecule has 6 heteroatoms. The standard InChI is InChI=1S/C22H18N2O2S2/c25-21(15-6-2-1-3-7-15)23-10-12-24(13-11-23)22(26)19-14-18-20(28-19)16-8-4-5-9-17(16)27-18/h1-9,14H,10-13H2. The molecule has 0 radical (unpaired) electrons. The van der Waals surface area contributed by atoms with Crippen molar-refractivity contribution in [2.24, 2.45) is 0 Å². The summed E-state index contributed by atoms with van der Waals surface area (Å²) in [6, 6.07) is 19.7. The van der Waals surface area contributed by atoms with Gasteiger partial charge in [-0.3, -0.25) is 9.59 Å². The van der Waals surface area contributed by atoms with E-state index in [1.807, 2.05) is 58.3 Å². The Bertz CT molecular complexity index is 1170. The molecule has 1 saturated heterocycles. The molecule has 0 unspecified atom stereocenters. The van der Waals surface area contributed by atoms with Gasteiger partial charge in [-0.15, -0.1) is 22.7 Å². The fourth-order valence-corrected chi connectivity index (χ4v) is 6.13. The van der Waals surface area contributed by atoms with E-state index in [1.165, 1.54) is 19.5 Å². The van der Waals surface area contributed by atoms with E-state index in [0.717, 1.165) is 4.88 Å².